The summed E-state index contributed by atoms with van der Waals surface area (Å²) in [7, 11) is 0. The largest absolute Gasteiger partial charge is 0.463 e. The van der Waals surface area contributed by atoms with E-state index < -0.39 is 11.6 Å². The maximum atomic E-state index is 12.8. The second kappa shape index (κ2) is 10.1. The SMILES string of the molecule is CCOC(=O)C1(COC2CCCCC2)CC(CNC(=O)c2nccc3ccccc23)=NO1. The molecule has 1 aliphatic carbocycles. The number of aromatic nitrogens is 1. The monoisotopic (exact) mass is 439 g/mol. The molecule has 0 bridgehead atoms. The summed E-state index contributed by atoms with van der Waals surface area (Å²) in [5.41, 5.74) is -0.399. The number of carbonyl (C=O) groups excluding carboxylic acids is 2. The maximum Gasteiger partial charge on any atom is 0.356 e. The first-order valence-electron chi connectivity index (χ1n) is 11.3. The van der Waals surface area contributed by atoms with Gasteiger partial charge in [-0.05, 0) is 31.2 Å². The fourth-order valence-corrected chi connectivity index (χ4v) is 4.20. The van der Waals surface area contributed by atoms with Crippen molar-refractivity contribution in [1.29, 1.82) is 0 Å². The zero-order valence-electron chi connectivity index (χ0n) is 18.3. The van der Waals surface area contributed by atoms with Crippen molar-refractivity contribution in [3.8, 4) is 0 Å². The lowest BCUT2D eigenvalue weighted by molar-refractivity contribution is -0.180. The van der Waals surface area contributed by atoms with Crippen molar-refractivity contribution in [1.82, 2.24) is 10.3 Å². The molecule has 4 rings (SSSR count). The van der Waals surface area contributed by atoms with Gasteiger partial charge in [0.2, 0.25) is 0 Å². The molecular weight excluding hydrogens is 410 g/mol. The van der Waals surface area contributed by atoms with Gasteiger partial charge in [0, 0.05) is 18.0 Å². The molecule has 2 aromatic rings. The topological polar surface area (TPSA) is 99.1 Å². The van der Waals surface area contributed by atoms with Crippen LogP contribution in [0, 0.1) is 0 Å². The maximum absolute atomic E-state index is 12.8. The van der Waals surface area contributed by atoms with Crippen molar-refractivity contribution in [2.24, 2.45) is 5.16 Å². The van der Waals surface area contributed by atoms with Crippen LogP contribution in [0.2, 0.25) is 0 Å². The standard InChI is InChI=1S/C24H29N3O5/c1-2-30-23(29)24(16-31-19-9-4-3-5-10-19)14-18(27-32-24)15-26-22(28)21-20-11-7-6-8-17(20)12-13-25-21/h6-8,11-13,19H,2-5,9-10,14-16H2,1H3,(H,26,28). The molecule has 1 atom stereocenters. The van der Waals surface area contributed by atoms with Gasteiger partial charge >= 0.3 is 5.97 Å². The number of oxime groups is 1. The highest BCUT2D eigenvalue weighted by Crippen LogP contribution is 2.29. The summed E-state index contributed by atoms with van der Waals surface area (Å²) in [4.78, 5) is 35.3. The molecule has 1 aliphatic heterocycles. The zero-order chi connectivity index (χ0) is 22.4. The van der Waals surface area contributed by atoms with E-state index in [1.165, 1.54) is 6.42 Å². The van der Waals surface area contributed by atoms with Crippen molar-refractivity contribution in [2.45, 2.75) is 57.2 Å². The number of nitrogens with one attached hydrogen (secondary N) is 1. The average Bonchev–Trinajstić information content (AvgIpc) is 3.26. The Kier molecular flexibility index (Phi) is 6.99. The van der Waals surface area contributed by atoms with Crippen LogP contribution in [0.4, 0.5) is 0 Å². The van der Waals surface area contributed by atoms with Gasteiger partial charge in [0.25, 0.3) is 11.5 Å². The predicted octanol–water partition coefficient (Wildman–Crippen LogP) is 3.39. The summed E-state index contributed by atoms with van der Waals surface area (Å²) in [6.45, 7) is 2.23. The van der Waals surface area contributed by atoms with Crippen LogP contribution in [0.3, 0.4) is 0 Å². The molecule has 32 heavy (non-hydrogen) atoms. The lowest BCUT2D eigenvalue weighted by atomic mass is 9.96. The molecular formula is C24H29N3O5. The van der Waals surface area contributed by atoms with Crippen LogP contribution in [0.15, 0.2) is 41.7 Å². The molecule has 1 saturated carbocycles. The smallest absolute Gasteiger partial charge is 0.356 e. The Labute approximate surface area is 187 Å². The van der Waals surface area contributed by atoms with E-state index in [0.717, 1.165) is 36.5 Å². The van der Waals surface area contributed by atoms with E-state index in [4.69, 9.17) is 14.3 Å². The van der Waals surface area contributed by atoms with Crippen molar-refractivity contribution in [3.05, 3.63) is 42.2 Å². The lowest BCUT2D eigenvalue weighted by Gasteiger charge is -2.28. The molecule has 0 spiro atoms. The van der Waals surface area contributed by atoms with E-state index in [9.17, 15) is 9.59 Å². The van der Waals surface area contributed by atoms with Crippen molar-refractivity contribution < 1.29 is 23.9 Å². The summed E-state index contributed by atoms with van der Waals surface area (Å²) in [5, 5.41) is 8.64. The number of carbonyl (C=O) groups is 2. The molecule has 1 amide bonds. The molecule has 1 aromatic carbocycles. The van der Waals surface area contributed by atoms with Gasteiger partial charge in [-0.1, -0.05) is 48.7 Å². The van der Waals surface area contributed by atoms with E-state index in [1.54, 1.807) is 13.1 Å². The second-order valence-electron chi connectivity index (χ2n) is 8.27. The minimum Gasteiger partial charge on any atom is -0.463 e. The highest BCUT2D eigenvalue weighted by molar-refractivity contribution is 6.06. The molecule has 2 heterocycles. The number of pyridine rings is 1. The Balaban J connectivity index is 1.38. The molecule has 1 aromatic heterocycles. The quantitative estimate of drug-likeness (QED) is 0.633. The Bertz CT molecular complexity index is 997. The number of nitrogens with zero attached hydrogens (tertiary/aromatic N) is 2. The van der Waals surface area contributed by atoms with Crippen molar-refractivity contribution in [2.75, 3.05) is 19.8 Å². The van der Waals surface area contributed by atoms with E-state index >= 15 is 0 Å². The Morgan fingerprint density at radius 2 is 2.00 bits per heavy atom. The fraction of sp³-hybridized carbons (Fsp3) is 0.500. The fourth-order valence-electron chi connectivity index (χ4n) is 4.20. The van der Waals surface area contributed by atoms with E-state index in [1.807, 2.05) is 30.3 Å². The number of esters is 1. The molecule has 170 valence electrons. The number of benzene rings is 1. The minimum atomic E-state index is -1.30. The van der Waals surface area contributed by atoms with Crippen molar-refractivity contribution in [3.63, 3.8) is 0 Å². The number of fused-ring (bicyclic) bond motifs is 1. The van der Waals surface area contributed by atoms with Gasteiger partial charge in [-0.2, -0.15) is 0 Å². The molecule has 0 saturated heterocycles. The number of amides is 1. The van der Waals surface area contributed by atoms with Gasteiger partial charge < -0.3 is 19.6 Å². The van der Waals surface area contributed by atoms with Crippen LogP contribution in [0.5, 0.6) is 0 Å². The Morgan fingerprint density at radius 1 is 1.19 bits per heavy atom. The molecule has 8 nitrogen and oxygen atoms in total. The molecule has 1 N–H and O–H groups in total. The van der Waals surface area contributed by atoms with Crippen LogP contribution in [0.1, 0.15) is 55.9 Å². The van der Waals surface area contributed by atoms with Gasteiger partial charge in [0.15, 0.2) is 0 Å². The number of hydrogen-bond donors (Lipinski definition) is 1. The first-order valence-corrected chi connectivity index (χ1v) is 11.3. The van der Waals surface area contributed by atoms with Crippen LogP contribution >= 0.6 is 0 Å². The second-order valence-corrected chi connectivity index (χ2v) is 8.27. The summed E-state index contributed by atoms with van der Waals surface area (Å²) >= 11 is 0. The summed E-state index contributed by atoms with van der Waals surface area (Å²) in [6.07, 6.45) is 7.41. The molecule has 0 radical (unpaired) electrons. The normalized spacial score (nSPS) is 21.1. The number of rotatable bonds is 8. The van der Waals surface area contributed by atoms with Crippen LogP contribution in [0.25, 0.3) is 10.8 Å². The van der Waals surface area contributed by atoms with Gasteiger partial charge in [0.1, 0.15) is 12.3 Å². The third-order valence-corrected chi connectivity index (χ3v) is 5.93. The average molecular weight is 440 g/mol. The first-order chi connectivity index (χ1) is 15.6. The minimum absolute atomic E-state index is 0.0856. The van der Waals surface area contributed by atoms with Gasteiger partial charge in [-0.25, -0.2) is 4.79 Å². The van der Waals surface area contributed by atoms with E-state index in [2.05, 4.69) is 15.5 Å². The van der Waals surface area contributed by atoms with E-state index in [-0.39, 0.29) is 38.2 Å². The third kappa shape index (κ3) is 4.91. The van der Waals surface area contributed by atoms with Gasteiger partial charge in [-0.15, -0.1) is 0 Å². The molecule has 1 fully saturated rings. The molecule has 1 unspecified atom stereocenters. The number of ether oxygens (including phenoxy) is 2. The molecule has 2 aliphatic rings. The summed E-state index contributed by atoms with van der Waals surface area (Å²) in [5.74, 6) is -0.798. The summed E-state index contributed by atoms with van der Waals surface area (Å²) < 4.78 is 11.3. The first kappa shape index (κ1) is 22.2. The van der Waals surface area contributed by atoms with E-state index in [0.29, 0.717) is 11.4 Å². The molecule has 8 heteroatoms. The zero-order valence-corrected chi connectivity index (χ0v) is 18.3. The van der Waals surface area contributed by atoms with Gasteiger partial charge in [0.05, 0.1) is 25.0 Å². The van der Waals surface area contributed by atoms with Gasteiger partial charge in [-0.3, -0.25) is 9.78 Å². The Morgan fingerprint density at radius 3 is 2.81 bits per heavy atom. The van der Waals surface area contributed by atoms with Crippen molar-refractivity contribution >= 4 is 28.4 Å². The highest BCUT2D eigenvalue weighted by Gasteiger charge is 2.49. The third-order valence-electron chi connectivity index (χ3n) is 5.93. The van der Waals surface area contributed by atoms with Crippen LogP contribution < -0.4 is 5.32 Å². The highest BCUT2D eigenvalue weighted by atomic mass is 16.7. The van der Waals surface area contributed by atoms with Crippen LogP contribution in [-0.4, -0.2) is 54.0 Å². The number of hydrogen-bond acceptors (Lipinski definition) is 7. The van der Waals surface area contributed by atoms with Crippen LogP contribution in [-0.2, 0) is 19.1 Å². The lowest BCUT2D eigenvalue weighted by Crippen LogP contribution is -2.46. The summed E-state index contributed by atoms with van der Waals surface area (Å²) in [6, 6.07) is 9.44. The Hall–Kier alpha value is -3.00. The predicted molar refractivity (Wildman–Crippen MR) is 119 cm³/mol.